The molecule has 0 aromatic rings. The largest absolute Gasteiger partial charge is 0.376 e. The van der Waals surface area contributed by atoms with Crippen LogP contribution in [0.3, 0.4) is 0 Å². The van der Waals surface area contributed by atoms with Crippen molar-refractivity contribution >= 4 is 29.9 Å². The van der Waals surface area contributed by atoms with E-state index < -0.39 is 0 Å². The van der Waals surface area contributed by atoms with Crippen LogP contribution in [0.5, 0.6) is 0 Å². The number of hydrogen-bond acceptors (Lipinski definition) is 3. The number of nitrogens with one attached hydrogen (secondary N) is 2. The molecule has 0 spiro atoms. The Bertz CT molecular complexity index is 326. The van der Waals surface area contributed by atoms with Gasteiger partial charge >= 0.3 is 0 Å². The highest BCUT2D eigenvalue weighted by molar-refractivity contribution is 14.0. The number of likely N-dealkylation sites (tertiary alicyclic amines) is 1. The molecular formula is C16H33IN4O. The number of nitrogens with zero attached hydrogens (tertiary/aromatic N) is 2. The smallest absolute Gasteiger partial charge is 0.191 e. The van der Waals surface area contributed by atoms with Gasteiger partial charge in [-0.3, -0.25) is 9.89 Å². The minimum absolute atomic E-state index is 0. The van der Waals surface area contributed by atoms with E-state index >= 15 is 0 Å². The highest BCUT2D eigenvalue weighted by Gasteiger charge is 2.20. The van der Waals surface area contributed by atoms with Crippen LogP contribution in [0, 0.1) is 5.92 Å². The van der Waals surface area contributed by atoms with E-state index in [-0.39, 0.29) is 24.0 Å². The van der Waals surface area contributed by atoms with Gasteiger partial charge in [-0.1, -0.05) is 6.92 Å². The van der Waals surface area contributed by atoms with Crippen LogP contribution in [0.1, 0.15) is 39.5 Å². The molecule has 0 bridgehead atoms. The number of aliphatic imine (C=N–C) groups is 1. The molecule has 0 aliphatic carbocycles. The van der Waals surface area contributed by atoms with Crippen molar-refractivity contribution in [2.45, 2.75) is 51.7 Å². The molecule has 0 saturated carbocycles. The van der Waals surface area contributed by atoms with Crippen LogP contribution in [0.2, 0.25) is 0 Å². The fraction of sp³-hybridized carbons (Fsp3) is 0.938. The summed E-state index contributed by atoms with van der Waals surface area (Å²) >= 11 is 0. The summed E-state index contributed by atoms with van der Waals surface area (Å²) in [6.07, 6.45) is 5.35. The van der Waals surface area contributed by atoms with Gasteiger partial charge in [0.15, 0.2) is 5.96 Å². The Morgan fingerprint density at radius 1 is 1.27 bits per heavy atom. The quantitative estimate of drug-likeness (QED) is 0.403. The second kappa shape index (κ2) is 10.6. The maximum Gasteiger partial charge on any atom is 0.191 e. The molecule has 0 amide bonds. The minimum atomic E-state index is 0. The predicted octanol–water partition coefficient (Wildman–Crippen LogP) is 2.07. The van der Waals surface area contributed by atoms with E-state index in [0.717, 1.165) is 38.0 Å². The van der Waals surface area contributed by atoms with Crippen LogP contribution < -0.4 is 10.6 Å². The lowest BCUT2D eigenvalue weighted by Gasteiger charge is -2.35. The molecule has 2 atom stereocenters. The first-order valence-corrected chi connectivity index (χ1v) is 8.49. The molecule has 6 heteroatoms. The first-order chi connectivity index (χ1) is 10.2. The highest BCUT2D eigenvalue weighted by Crippen LogP contribution is 2.17. The van der Waals surface area contributed by atoms with Crippen LogP contribution in [-0.2, 0) is 4.74 Å². The molecule has 22 heavy (non-hydrogen) atoms. The van der Waals surface area contributed by atoms with Gasteiger partial charge in [-0.15, -0.1) is 24.0 Å². The van der Waals surface area contributed by atoms with E-state index in [1.54, 1.807) is 0 Å². The van der Waals surface area contributed by atoms with Gasteiger partial charge in [0.25, 0.3) is 0 Å². The Hall–Kier alpha value is -0.0800. The molecular weight excluding hydrogens is 391 g/mol. The first kappa shape index (κ1) is 20.0. The average molecular weight is 424 g/mol. The van der Waals surface area contributed by atoms with Crippen LogP contribution in [0.25, 0.3) is 0 Å². The number of rotatable bonds is 5. The Kier molecular flexibility index (Phi) is 9.66. The van der Waals surface area contributed by atoms with Gasteiger partial charge in [0.05, 0.1) is 6.10 Å². The molecule has 0 aromatic carbocycles. The molecule has 5 nitrogen and oxygen atoms in total. The topological polar surface area (TPSA) is 48.9 Å². The molecule has 0 aromatic heterocycles. The van der Waals surface area contributed by atoms with Crippen molar-refractivity contribution in [1.82, 2.24) is 15.5 Å². The molecule has 2 aliphatic rings. The molecule has 2 unspecified atom stereocenters. The first-order valence-electron chi connectivity index (χ1n) is 8.49. The van der Waals surface area contributed by atoms with Gasteiger partial charge in [-0.2, -0.15) is 0 Å². The van der Waals surface area contributed by atoms with Crippen LogP contribution in [-0.4, -0.2) is 62.8 Å². The fourth-order valence-corrected chi connectivity index (χ4v) is 3.08. The zero-order chi connectivity index (χ0) is 15.1. The number of piperidine rings is 1. The van der Waals surface area contributed by atoms with Crippen LogP contribution >= 0.6 is 24.0 Å². The van der Waals surface area contributed by atoms with Gasteiger partial charge < -0.3 is 15.4 Å². The third kappa shape index (κ3) is 6.58. The summed E-state index contributed by atoms with van der Waals surface area (Å²) in [7, 11) is 1.83. The molecule has 2 aliphatic heterocycles. The van der Waals surface area contributed by atoms with Crippen LogP contribution in [0.4, 0.5) is 0 Å². The summed E-state index contributed by atoms with van der Waals surface area (Å²) in [5.41, 5.74) is 0. The Labute approximate surface area is 152 Å². The standard InChI is InChI=1S/C16H32N4O.HI/c1-13-6-8-20(9-7-13)14(2)11-18-16(17-3)19-12-15-5-4-10-21-15;/h13-15H,4-12H2,1-3H3,(H2,17,18,19);1H. The maximum absolute atomic E-state index is 5.63. The monoisotopic (exact) mass is 424 g/mol. The van der Waals surface area contributed by atoms with Crippen LogP contribution in [0.15, 0.2) is 4.99 Å². The predicted molar refractivity (Wildman–Crippen MR) is 103 cm³/mol. The van der Waals surface area contributed by atoms with Gasteiger partial charge in [0.2, 0.25) is 0 Å². The summed E-state index contributed by atoms with van der Waals surface area (Å²) < 4.78 is 5.63. The normalized spacial score (nSPS) is 25.6. The van der Waals surface area contributed by atoms with E-state index in [1.807, 2.05) is 7.05 Å². The van der Waals surface area contributed by atoms with Gasteiger partial charge in [-0.05, 0) is 51.6 Å². The number of halogens is 1. The lowest BCUT2D eigenvalue weighted by molar-refractivity contribution is 0.113. The average Bonchev–Trinajstić information content (AvgIpc) is 3.01. The third-order valence-electron chi connectivity index (χ3n) is 4.75. The molecule has 2 fully saturated rings. The minimum Gasteiger partial charge on any atom is -0.376 e. The lowest BCUT2D eigenvalue weighted by atomic mass is 9.98. The second-order valence-electron chi connectivity index (χ2n) is 6.54. The van der Waals surface area contributed by atoms with Crippen molar-refractivity contribution in [3.05, 3.63) is 0 Å². The number of guanidine groups is 1. The zero-order valence-corrected chi connectivity index (χ0v) is 16.6. The Morgan fingerprint density at radius 2 is 2.00 bits per heavy atom. The number of ether oxygens (including phenoxy) is 1. The van der Waals surface area contributed by atoms with Gasteiger partial charge in [0.1, 0.15) is 0 Å². The van der Waals surface area contributed by atoms with E-state index in [9.17, 15) is 0 Å². The summed E-state index contributed by atoms with van der Waals surface area (Å²) in [5, 5.41) is 6.82. The number of hydrogen-bond donors (Lipinski definition) is 2. The zero-order valence-electron chi connectivity index (χ0n) is 14.3. The summed E-state index contributed by atoms with van der Waals surface area (Å²) in [4.78, 5) is 6.88. The molecule has 0 radical (unpaired) electrons. The van der Waals surface area contributed by atoms with E-state index in [2.05, 4.69) is 34.4 Å². The van der Waals surface area contributed by atoms with Crippen molar-refractivity contribution in [2.75, 3.05) is 39.8 Å². The van der Waals surface area contributed by atoms with Crippen molar-refractivity contribution in [3.8, 4) is 0 Å². The lowest BCUT2D eigenvalue weighted by Crippen LogP contribution is -2.48. The Morgan fingerprint density at radius 3 is 2.59 bits per heavy atom. The van der Waals surface area contributed by atoms with Crippen molar-refractivity contribution in [2.24, 2.45) is 10.9 Å². The maximum atomic E-state index is 5.63. The van der Waals surface area contributed by atoms with E-state index in [4.69, 9.17) is 4.74 Å². The van der Waals surface area contributed by atoms with Crippen molar-refractivity contribution < 1.29 is 4.74 Å². The highest BCUT2D eigenvalue weighted by atomic mass is 127. The van der Waals surface area contributed by atoms with Crippen molar-refractivity contribution in [3.63, 3.8) is 0 Å². The third-order valence-corrected chi connectivity index (χ3v) is 4.75. The summed E-state index contributed by atoms with van der Waals surface area (Å²) in [5.74, 6) is 1.78. The molecule has 2 N–H and O–H groups in total. The van der Waals surface area contributed by atoms with Gasteiger partial charge in [0, 0.05) is 32.8 Å². The SMILES string of the molecule is CN=C(NCC1CCCO1)NCC(C)N1CCC(C)CC1.I. The summed E-state index contributed by atoms with van der Waals surface area (Å²) in [6, 6.07) is 0.554. The summed E-state index contributed by atoms with van der Waals surface area (Å²) in [6.45, 7) is 9.82. The van der Waals surface area contributed by atoms with Gasteiger partial charge in [-0.25, -0.2) is 0 Å². The molecule has 2 heterocycles. The second-order valence-corrected chi connectivity index (χ2v) is 6.54. The molecule has 2 rings (SSSR count). The molecule has 130 valence electrons. The fourth-order valence-electron chi connectivity index (χ4n) is 3.08. The van der Waals surface area contributed by atoms with Crippen molar-refractivity contribution in [1.29, 1.82) is 0 Å². The Balaban J connectivity index is 0.00000242. The molecule has 2 saturated heterocycles. The van der Waals surface area contributed by atoms with E-state index in [0.29, 0.717) is 12.1 Å². The van der Waals surface area contributed by atoms with E-state index in [1.165, 1.54) is 32.4 Å².